The molecular weight excluding hydrogens is 310 g/mol. The van der Waals surface area contributed by atoms with Crippen molar-refractivity contribution in [3.05, 3.63) is 47.1 Å². The van der Waals surface area contributed by atoms with Crippen LogP contribution in [0.4, 0.5) is 0 Å². The van der Waals surface area contributed by atoms with Crippen LogP contribution in [0.5, 0.6) is 11.5 Å². The molecule has 3 aliphatic rings. The Kier molecular flexibility index (Phi) is 4.85. The molecular formula is C22H29NO2. The van der Waals surface area contributed by atoms with E-state index in [1.54, 1.807) is 19.8 Å². The topological polar surface area (TPSA) is 21.7 Å². The minimum atomic E-state index is 0.636. The van der Waals surface area contributed by atoms with E-state index in [1.807, 2.05) is 0 Å². The fourth-order valence-corrected chi connectivity index (χ4v) is 5.02. The lowest BCUT2D eigenvalue weighted by atomic mass is 9.73. The summed E-state index contributed by atoms with van der Waals surface area (Å²) in [5.41, 5.74) is 4.47. The third-order valence-electron chi connectivity index (χ3n) is 6.17. The summed E-state index contributed by atoms with van der Waals surface area (Å²) in [5.74, 6) is 2.46. The van der Waals surface area contributed by atoms with Gasteiger partial charge in [-0.05, 0) is 62.6 Å². The Hall–Kier alpha value is -1.74. The van der Waals surface area contributed by atoms with Crippen LogP contribution in [-0.4, -0.2) is 38.3 Å². The molecule has 2 aliphatic carbocycles. The molecule has 2 atom stereocenters. The second-order valence-corrected chi connectivity index (χ2v) is 7.49. The predicted octanol–water partition coefficient (Wildman–Crippen LogP) is 4.47. The second kappa shape index (κ2) is 7.25. The van der Waals surface area contributed by atoms with Crippen molar-refractivity contribution < 1.29 is 9.47 Å². The number of methoxy groups -OCH3 is 2. The van der Waals surface area contributed by atoms with Crippen molar-refractivity contribution in [1.29, 1.82) is 0 Å². The van der Waals surface area contributed by atoms with Gasteiger partial charge in [-0.25, -0.2) is 0 Å². The molecule has 134 valence electrons. The van der Waals surface area contributed by atoms with E-state index in [0.717, 1.165) is 24.5 Å². The predicted molar refractivity (Wildman–Crippen MR) is 102 cm³/mol. The fraction of sp³-hybridized carbons (Fsp3) is 0.545. The van der Waals surface area contributed by atoms with Gasteiger partial charge in [-0.2, -0.15) is 0 Å². The monoisotopic (exact) mass is 339 g/mol. The van der Waals surface area contributed by atoms with E-state index < -0.39 is 0 Å². The Morgan fingerprint density at radius 3 is 2.80 bits per heavy atom. The highest BCUT2D eigenvalue weighted by molar-refractivity contribution is 5.53. The number of rotatable bonds is 4. The zero-order chi connectivity index (χ0) is 17.2. The summed E-state index contributed by atoms with van der Waals surface area (Å²) in [5, 5.41) is 0. The summed E-state index contributed by atoms with van der Waals surface area (Å²) in [6.45, 7) is 2.39. The molecule has 0 N–H and O–H groups in total. The van der Waals surface area contributed by atoms with Crippen LogP contribution in [-0.2, 0) is 6.42 Å². The van der Waals surface area contributed by atoms with Gasteiger partial charge < -0.3 is 9.47 Å². The summed E-state index contributed by atoms with van der Waals surface area (Å²) >= 11 is 0. The number of ether oxygens (including phenoxy) is 2. The van der Waals surface area contributed by atoms with Gasteiger partial charge in [0.15, 0.2) is 11.5 Å². The largest absolute Gasteiger partial charge is 0.493 e. The molecule has 0 amide bonds. The third kappa shape index (κ3) is 3.10. The number of benzene rings is 1. The maximum atomic E-state index is 5.71. The van der Waals surface area contributed by atoms with Crippen molar-refractivity contribution in [3.8, 4) is 11.5 Å². The minimum Gasteiger partial charge on any atom is -0.493 e. The Labute approximate surface area is 151 Å². The van der Waals surface area contributed by atoms with Crippen LogP contribution in [0.1, 0.15) is 49.1 Å². The molecule has 1 aromatic rings. The van der Waals surface area contributed by atoms with E-state index in [1.165, 1.54) is 49.8 Å². The lowest BCUT2D eigenvalue weighted by molar-refractivity contribution is 0.122. The van der Waals surface area contributed by atoms with Crippen molar-refractivity contribution in [1.82, 2.24) is 4.90 Å². The van der Waals surface area contributed by atoms with Gasteiger partial charge in [0.25, 0.3) is 0 Å². The summed E-state index contributed by atoms with van der Waals surface area (Å²) in [7, 11) is 3.49. The first-order valence-corrected chi connectivity index (χ1v) is 9.64. The highest BCUT2D eigenvalue weighted by atomic mass is 16.5. The van der Waals surface area contributed by atoms with E-state index in [0.29, 0.717) is 12.0 Å². The van der Waals surface area contributed by atoms with E-state index in [-0.39, 0.29) is 0 Å². The van der Waals surface area contributed by atoms with Gasteiger partial charge >= 0.3 is 0 Å². The number of hydrogen-bond donors (Lipinski definition) is 0. The van der Waals surface area contributed by atoms with E-state index in [2.05, 4.69) is 35.3 Å². The molecule has 25 heavy (non-hydrogen) atoms. The standard InChI is InChI=1S/C22H29NO2/c1-24-21-13-11-17-18-9-6-14-23(15-16-7-4-3-5-8-16)20(18)12-10-19(17)22(21)25-2/h3-4,7,11,13,18,20H,5-6,8-10,12,14-15H2,1-2H3/t18-,20?/m0/s1. The first kappa shape index (κ1) is 16.7. The average molecular weight is 339 g/mol. The molecule has 0 radical (unpaired) electrons. The number of piperidine rings is 1. The average Bonchev–Trinajstić information content (AvgIpc) is 2.67. The molecule has 1 unspecified atom stereocenters. The first-order valence-electron chi connectivity index (χ1n) is 9.64. The Morgan fingerprint density at radius 2 is 2.04 bits per heavy atom. The normalized spacial score (nSPS) is 25.8. The number of nitrogens with zero attached hydrogens (tertiary/aromatic N) is 1. The molecule has 3 nitrogen and oxygen atoms in total. The Morgan fingerprint density at radius 1 is 1.12 bits per heavy atom. The molecule has 1 heterocycles. The molecule has 0 aromatic heterocycles. The van der Waals surface area contributed by atoms with Gasteiger partial charge in [-0.3, -0.25) is 4.90 Å². The van der Waals surface area contributed by atoms with Crippen LogP contribution in [0, 0.1) is 0 Å². The number of allylic oxidation sites excluding steroid dienone is 3. The third-order valence-corrected chi connectivity index (χ3v) is 6.17. The number of fused-ring (bicyclic) bond motifs is 3. The summed E-state index contributed by atoms with van der Waals surface area (Å²) < 4.78 is 11.2. The summed E-state index contributed by atoms with van der Waals surface area (Å²) in [4.78, 5) is 2.75. The van der Waals surface area contributed by atoms with Gasteiger partial charge in [-0.1, -0.05) is 29.9 Å². The van der Waals surface area contributed by atoms with Crippen molar-refractivity contribution in [2.45, 2.75) is 50.5 Å². The second-order valence-electron chi connectivity index (χ2n) is 7.49. The van der Waals surface area contributed by atoms with Gasteiger partial charge in [0.05, 0.1) is 14.2 Å². The zero-order valence-corrected chi connectivity index (χ0v) is 15.5. The molecule has 1 fully saturated rings. The fourth-order valence-electron chi connectivity index (χ4n) is 5.02. The van der Waals surface area contributed by atoms with Crippen molar-refractivity contribution in [2.75, 3.05) is 27.3 Å². The lowest BCUT2D eigenvalue weighted by Gasteiger charge is -2.45. The maximum Gasteiger partial charge on any atom is 0.164 e. The zero-order valence-electron chi connectivity index (χ0n) is 15.5. The Balaban J connectivity index is 1.60. The van der Waals surface area contributed by atoms with Crippen molar-refractivity contribution in [2.24, 2.45) is 0 Å². The summed E-state index contributed by atoms with van der Waals surface area (Å²) in [6, 6.07) is 5.05. The highest BCUT2D eigenvalue weighted by Gasteiger charge is 2.37. The molecule has 4 rings (SSSR count). The van der Waals surface area contributed by atoms with Crippen LogP contribution in [0.15, 0.2) is 35.9 Å². The molecule has 0 saturated carbocycles. The van der Waals surface area contributed by atoms with Crippen LogP contribution < -0.4 is 9.47 Å². The smallest absolute Gasteiger partial charge is 0.164 e. The van der Waals surface area contributed by atoms with Gasteiger partial charge in [-0.15, -0.1) is 0 Å². The van der Waals surface area contributed by atoms with Gasteiger partial charge in [0, 0.05) is 18.2 Å². The van der Waals surface area contributed by atoms with Crippen LogP contribution in [0.3, 0.4) is 0 Å². The van der Waals surface area contributed by atoms with E-state index in [4.69, 9.17) is 9.47 Å². The van der Waals surface area contributed by atoms with E-state index in [9.17, 15) is 0 Å². The minimum absolute atomic E-state index is 0.636. The molecule has 0 spiro atoms. The van der Waals surface area contributed by atoms with Crippen molar-refractivity contribution in [3.63, 3.8) is 0 Å². The van der Waals surface area contributed by atoms with Crippen LogP contribution in [0.25, 0.3) is 0 Å². The van der Waals surface area contributed by atoms with Gasteiger partial charge in [0.2, 0.25) is 0 Å². The number of likely N-dealkylation sites (tertiary alicyclic amines) is 1. The van der Waals surface area contributed by atoms with Gasteiger partial charge in [0.1, 0.15) is 0 Å². The quantitative estimate of drug-likeness (QED) is 0.807. The summed E-state index contributed by atoms with van der Waals surface area (Å²) in [6.07, 6.45) is 14.2. The van der Waals surface area contributed by atoms with E-state index >= 15 is 0 Å². The molecule has 1 aliphatic heterocycles. The molecule has 1 aromatic carbocycles. The van der Waals surface area contributed by atoms with Crippen molar-refractivity contribution >= 4 is 0 Å². The lowest BCUT2D eigenvalue weighted by Crippen LogP contribution is -2.47. The van der Waals surface area contributed by atoms with Crippen LogP contribution in [0.2, 0.25) is 0 Å². The highest BCUT2D eigenvalue weighted by Crippen LogP contribution is 2.46. The Bertz CT molecular complexity index is 692. The SMILES string of the molecule is COc1ccc2c(c1OC)CCC1[C@H]2CCCN1CC1=CC=CCC1. The van der Waals surface area contributed by atoms with Crippen LogP contribution >= 0.6 is 0 Å². The maximum absolute atomic E-state index is 5.71. The first-order chi connectivity index (χ1) is 12.3. The molecule has 1 saturated heterocycles. The molecule has 0 bridgehead atoms. The molecule has 3 heteroatoms. The number of hydrogen-bond acceptors (Lipinski definition) is 3.